The molecule has 4 nitrogen and oxygen atoms in total. The van der Waals surface area contributed by atoms with E-state index in [0.717, 1.165) is 0 Å². The number of carbonyl (C=O) groups is 2. The molecule has 86 valence electrons. The molecule has 1 unspecified atom stereocenters. The monoisotopic (exact) mass is 245 g/mol. The van der Waals surface area contributed by atoms with Crippen molar-refractivity contribution in [3.63, 3.8) is 0 Å². The molecule has 15 heavy (non-hydrogen) atoms. The normalized spacial score (nSPS) is 8.00. The Kier molecular flexibility index (Phi) is 23.6. The topological polar surface area (TPSA) is 69.4 Å². The Morgan fingerprint density at radius 3 is 2.07 bits per heavy atom. The second-order valence-electron chi connectivity index (χ2n) is 2.83. The van der Waals surface area contributed by atoms with Gasteiger partial charge < -0.3 is 9.63 Å². The number of hydrogen-bond donors (Lipinski definition) is 1. The van der Waals surface area contributed by atoms with E-state index in [2.05, 4.69) is 26.9 Å². The zero-order valence-electron chi connectivity index (χ0n) is 8.91. The molecule has 0 saturated carbocycles. The van der Waals surface area contributed by atoms with Crippen LogP contribution >= 0.6 is 9.24 Å². The van der Waals surface area contributed by atoms with Gasteiger partial charge in [0.05, 0.1) is 6.42 Å². The molecule has 0 aliphatic carbocycles. The summed E-state index contributed by atoms with van der Waals surface area (Å²) < 4.78 is 0. The van der Waals surface area contributed by atoms with Gasteiger partial charge in [0.25, 0.3) is 0 Å². The molecular weight excluding hydrogens is 224 g/mol. The van der Waals surface area contributed by atoms with Crippen molar-refractivity contribution in [3.05, 3.63) is 0 Å². The summed E-state index contributed by atoms with van der Waals surface area (Å²) in [6.07, 6.45) is 4.21. The summed E-state index contributed by atoms with van der Waals surface area (Å²) in [7, 11) is 2.70. The first kappa shape index (κ1) is 20.9. The minimum absolute atomic E-state index is 0. The van der Waals surface area contributed by atoms with Crippen molar-refractivity contribution in [2.24, 2.45) is 5.90 Å². The number of rotatable bonds is 5. The van der Waals surface area contributed by atoms with Crippen LogP contribution in [0.15, 0.2) is 0 Å². The van der Waals surface area contributed by atoms with Crippen LogP contribution in [0.3, 0.4) is 0 Å². The van der Waals surface area contributed by atoms with E-state index in [9.17, 15) is 9.59 Å². The fourth-order valence-electron chi connectivity index (χ4n) is 0.541. The Labute approximate surface area is 116 Å². The average molecular weight is 245 g/mol. The van der Waals surface area contributed by atoms with E-state index in [-0.39, 0.29) is 48.2 Å². The van der Waals surface area contributed by atoms with E-state index in [0.29, 0.717) is 0 Å². The van der Waals surface area contributed by atoms with E-state index in [4.69, 9.17) is 0 Å². The molecule has 1 atom stereocenters. The fourth-order valence-corrected chi connectivity index (χ4v) is 0.949. The van der Waals surface area contributed by atoms with Crippen molar-refractivity contribution >= 4 is 50.5 Å². The molecule has 0 aliphatic heterocycles. The first-order valence-electron chi connectivity index (χ1n) is 4.67. The van der Waals surface area contributed by atoms with Crippen LogP contribution < -0.4 is 5.90 Å². The van der Waals surface area contributed by atoms with Gasteiger partial charge in [-0.3, -0.25) is 4.79 Å². The van der Waals surface area contributed by atoms with E-state index in [1.807, 2.05) is 0 Å². The van der Waals surface area contributed by atoms with Gasteiger partial charge in [0.1, 0.15) is 5.78 Å². The summed E-state index contributed by atoms with van der Waals surface area (Å²) in [6.45, 7) is 3.61. The van der Waals surface area contributed by atoms with Gasteiger partial charge >= 0.3 is 35.5 Å². The van der Waals surface area contributed by atoms with Crippen LogP contribution in [0.1, 0.15) is 39.5 Å². The maximum atomic E-state index is 10.2. The first-order valence-corrected chi connectivity index (χ1v) is 5.49. The van der Waals surface area contributed by atoms with Crippen LogP contribution in [-0.2, 0) is 14.4 Å². The van der Waals surface area contributed by atoms with Gasteiger partial charge in [0, 0.05) is 6.42 Å². The molecule has 2 N–H and O–H groups in total. The second kappa shape index (κ2) is 16.9. The molecule has 0 aromatic heterocycles. The molecule has 0 heterocycles. The Morgan fingerprint density at radius 2 is 1.87 bits per heavy atom. The number of carbonyl (C=O) groups excluding carboxylic acids is 2. The van der Waals surface area contributed by atoms with Crippen molar-refractivity contribution < 1.29 is 14.4 Å². The van der Waals surface area contributed by atoms with E-state index in [1.165, 1.54) is 25.9 Å². The van der Waals surface area contributed by atoms with E-state index >= 15 is 0 Å². The van der Waals surface area contributed by atoms with Crippen LogP contribution in [0.25, 0.3) is 0 Å². The van der Waals surface area contributed by atoms with Crippen molar-refractivity contribution in [3.8, 4) is 0 Å². The molecule has 0 rings (SSSR count). The van der Waals surface area contributed by atoms with Crippen LogP contribution in [0, 0.1) is 0 Å². The summed E-state index contributed by atoms with van der Waals surface area (Å²) >= 11 is 0. The number of unbranched alkanes of at least 4 members (excludes halogenated alkanes) is 1. The van der Waals surface area contributed by atoms with Gasteiger partial charge in [-0.2, -0.15) is 5.90 Å². The first-order chi connectivity index (χ1) is 6.58. The third-order valence-electron chi connectivity index (χ3n) is 1.37. The van der Waals surface area contributed by atoms with Crippen molar-refractivity contribution in [2.75, 3.05) is 6.16 Å². The van der Waals surface area contributed by atoms with E-state index < -0.39 is 5.97 Å². The Morgan fingerprint density at radius 1 is 1.33 bits per heavy atom. The van der Waals surface area contributed by atoms with Crippen LogP contribution in [0.4, 0.5) is 0 Å². The number of hydrogen-bond acceptors (Lipinski definition) is 4. The predicted molar refractivity (Wildman–Crippen MR) is 66.8 cm³/mol. The molecule has 0 aliphatic rings. The molecule has 0 aromatic carbocycles. The number of ketones is 1. The third kappa shape index (κ3) is 25.1. The summed E-state index contributed by atoms with van der Waals surface area (Å²) in [5.74, 6) is 3.91. The molecule has 0 fully saturated rings. The standard InChI is InChI=1S/C5H9NO3.C4H11P.Na.H/c1-4(7)2-3-5(8)9-6;1-2-3-4-5;;/h2-3,6H2,1H3;2-5H2,1H3;;. The summed E-state index contributed by atoms with van der Waals surface area (Å²) in [6, 6.07) is 0. The van der Waals surface area contributed by atoms with Crippen LogP contribution in [0.2, 0.25) is 0 Å². The molecular formula is C9H21NNaO3P. The molecule has 0 aromatic rings. The number of Topliss-reactive ketones (excluding diaryl/α,β-unsaturated/α-hetero) is 1. The fraction of sp³-hybridized carbons (Fsp3) is 0.778. The maximum absolute atomic E-state index is 10.2. The van der Waals surface area contributed by atoms with Gasteiger partial charge in [-0.1, -0.05) is 19.8 Å². The van der Waals surface area contributed by atoms with Crippen LogP contribution in [-0.4, -0.2) is 47.5 Å². The van der Waals surface area contributed by atoms with Gasteiger partial charge in [0.2, 0.25) is 0 Å². The predicted octanol–water partition coefficient (Wildman–Crippen LogP) is 0.786. The average Bonchev–Trinajstić information content (AvgIpc) is 2.16. The van der Waals surface area contributed by atoms with Gasteiger partial charge in [-0.05, 0) is 13.1 Å². The summed E-state index contributed by atoms with van der Waals surface area (Å²) in [4.78, 5) is 24.2. The Hall–Kier alpha value is 0.530. The minimum atomic E-state index is -0.551. The second-order valence-corrected chi connectivity index (χ2v) is 3.41. The van der Waals surface area contributed by atoms with Crippen molar-refractivity contribution in [1.82, 2.24) is 0 Å². The van der Waals surface area contributed by atoms with Crippen LogP contribution in [0.5, 0.6) is 0 Å². The van der Waals surface area contributed by atoms with Gasteiger partial charge in [-0.25, -0.2) is 0 Å². The molecule has 0 saturated heterocycles. The SMILES string of the molecule is CC(=O)CCC(=O)ON.CCCCP.[NaH]. The number of nitrogens with two attached hydrogens (primary N) is 1. The Balaban J connectivity index is -0.000000208. The summed E-state index contributed by atoms with van der Waals surface area (Å²) in [5.41, 5.74) is 0. The zero-order valence-corrected chi connectivity index (χ0v) is 10.1. The van der Waals surface area contributed by atoms with Gasteiger partial charge in [-0.15, -0.1) is 9.24 Å². The molecule has 0 spiro atoms. The molecule has 0 radical (unpaired) electrons. The quantitative estimate of drug-likeness (QED) is 0.441. The Bertz CT molecular complexity index is 165. The zero-order chi connectivity index (χ0) is 11.4. The third-order valence-corrected chi connectivity index (χ3v) is 1.78. The van der Waals surface area contributed by atoms with Gasteiger partial charge in [0.15, 0.2) is 0 Å². The van der Waals surface area contributed by atoms with Crippen molar-refractivity contribution in [2.45, 2.75) is 39.5 Å². The molecule has 0 amide bonds. The molecule has 6 heteroatoms. The molecule has 0 bridgehead atoms. The van der Waals surface area contributed by atoms with Crippen molar-refractivity contribution in [1.29, 1.82) is 0 Å². The van der Waals surface area contributed by atoms with E-state index in [1.54, 1.807) is 0 Å². The summed E-state index contributed by atoms with van der Waals surface area (Å²) in [5, 5.41) is 0.